The molecule has 0 saturated heterocycles. The highest BCUT2D eigenvalue weighted by atomic mass is 19.4. The molecule has 1 N–H and O–H groups in total. The molecule has 0 spiro atoms. The van der Waals surface area contributed by atoms with Crippen LogP contribution >= 0.6 is 0 Å². The first-order chi connectivity index (χ1) is 9.92. The first kappa shape index (κ1) is 17.3. The Morgan fingerprint density at radius 3 is 2.43 bits per heavy atom. The van der Waals surface area contributed by atoms with Gasteiger partial charge in [-0.3, -0.25) is 4.99 Å². The van der Waals surface area contributed by atoms with Crippen LogP contribution in [0.25, 0.3) is 0 Å². The van der Waals surface area contributed by atoms with Gasteiger partial charge >= 0.3 is 6.18 Å². The maximum atomic E-state index is 12.0. The number of hydrogen-bond acceptors (Lipinski definition) is 1. The molecule has 0 saturated carbocycles. The van der Waals surface area contributed by atoms with Crippen molar-refractivity contribution < 1.29 is 13.2 Å². The van der Waals surface area contributed by atoms with Crippen molar-refractivity contribution in [2.75, 3.05) is 20.6 Å². The lowest BCUT2D eigenvalue weighted by Gasteiger charge is -2.22. The molecule has 1 rings (SSSR count). The fourth-order valence-electron chi connectivity index (χ4n) is 1.97. The van der Waals surface area contributed by atoms with Crippen LogP contribution in [0.5, 0.6) is 0 Å². The number of aliphatic imine (C=N–C) groups is 1. The third-order valence-electron chi connectivity index (χ3n) is 3.01. The molecule has 1 aromatic carbocycles. The van der Waals surface area contributed by atoms with E-state index in [-0.39, 0.29) is 6.42 Å². The molecule has 118 valence electrons. The third-order valence-corrected chi connectivity index (χ3v) is 3.01. The van der Waals surface area contributed by atoms with E-state index in [1.54, 1.807) is 7.05 Å². The summed E-state index contributed by atoms with van der Waals surface area (Å²) in [5.74, 6) is 0.686. The number of alkyl halides is 3. The topological polar surface area (TPSA) is 27.6 Å². The number of unbranched alkanes of at least 4 members (excludes halogenated alkanes) is 1. The molecule has 0 fully saturated rings. The van der Waals surface area contributed by atoms with Crippen molar-refractivity contribution in [1.29, 1.82) is 0 Å². The van der Waals surface area contributed by atoms with Crippen LogP contribution in [0.3, 0.4) is 0 Å². The van der Waals surface area contributed by atoms with Gasteiger partial charge in [0.05, 0.1) is 0 Å². The molecule has 0 atom stereocenters. The summed E-state index contributed by atoms with van der Waals surface area (Å²) in [4.78, 5) is 6.08. The van der Waals surface area contributed by atoms with Crippen molar-refractivity contribution in [2.45, 2.75) is 32.0 Å². The molecular weight excluding hydrogens is 279 g/mol. The lowest BCUT2D eigenvalue weighted by molar-refractivity contribution is -0.135. The molecule has 21 heavy (non-hydrogen) atoms. The molecule has 0 radical (unpaired) electrons. The largest absolute Gasteiger partial charge is 0.389 e. The zero-order valence-electron chi connectivity index (χ0n) is 12.5. The second kappa shape index (κ2) is 8.54. The Kier molecular flexibility index (Phi) is 7.05. The molecule has 0 aliphatic rings. The van der Waals surface area contributed by atoms with Gasteiger partial charge in [-0.15, -0.1) is 0 Å². The van der Waals surface area contributed by atoms with Crippen LogP contribution in [0.15, 0.2) is 35.3 Å². The highest BCUT2D eigenvalue weighted by Crippen LogP contribution is 2.21. The second-order valence-corrected chi connectivity index (χ2v) is 4.89. The van der Waals surface area contributed by atoms with Crippen LogP contribution in [0.2, 0.25) is 0 Å². The molecule has 6 heteroatoms. The maximum absolute atomic E-state index is 12.0. The van der Waals surface area contributed by atoms with Gasteiger partial charge in [-0.1, -0.05) is 30.3 Å². The van der Waals surface area contributed by atoms with E-state index in [9.17, 15) is 13.2 Å². The smallest absolute Gasteiger partial charge is 0.356 e. The molecule has 0 unspecified atom stereocenters. The molecule has 0 aliphatic heterocycles. The quantitative estimate of drug-likeness (QED) is 0.495. The van der Waals surface area contributed by atoms with Crippen molar-refractivity contribution >= 4 is 5.96 Å². The van der Waals surface area contributed by atoms with E-state index in [1.165, 1.54) is 0 Å². The number of nitrogens with one attached hydrogen (secondary N) is 1. The zero-order valence-corrected chi connectivity index (χ0v) is 12.5. The second-order valence-electron chi connectivity index (χ2n) is 4.89. The summed E-state index contributed by atoms with van der Waals surface area (Å²) in [5.41, 5.74) is 1.15. The monoisotopic (exact) mass is 301 g/mol. The maximum Gasteiger partial charge on any atom is 0.389 e. The summed E-state index contributed by atoms with van der Waals surface area (Å²) >= 11 is 0. The first-order valence-electron chi connectivity index (χ1n) is 6.95. The van der Waals surface area contributed by atoms with Crippen LogP contribution in [0.4, 0.5) is 13.2 Å². The highest BCUT2D eigenvalue weighted by molar-refractivity contribution is 5.79. The van der Waals surface area contributed by atoms with Crippen molar-refractivity contribution in [1.82, 2.24) is 10.2 Å². The normalized spacial score (nSPS) is 12.3. The van der Waals surface area contributed by atoms with Crippen molar-refractivity contribution in [3.8, 4) is 0 Å². The molecule has 0 aromatic heterocycles. The van der Waals surface area contributed by atoms with Crippen LogP contribution in [0, 0.1) is 0 Å². The average Bonchev–Trinajstić information content (AvgIpc) is 2.42. The molecule has 0 bridgehead atoms. The standard InChI is InChI=1S/C15H22F3N3/c1-19-14(20-11-7-6-10-15(16,17)18)21(2)12-13-8-4-3-5-9-13/h3-5,8-9H,6-7,10-12H2,1-2H3,(H,19,20). The summed E-state index contributed by atoms with van der Waals surface area (Å²) < 4.78 is 36.1. The van der Waals surface area contributed by atoms with Gasteiger partial charge in [-0.05, 0) is 18.4 Å². The fourth-order valence-corrected chi connectivity index (χ4v) is 1.97. The number of rotatable bonds is 6. The van der Waals surface area contributed by atoms with Gasteiger partial charge in [0.15, 0.2) is 5.96 Å². The lowest BCUT2D eigenvalue weighted by atomic mass is 10.2. The van der Waals surface area contributed by atoms with Gasteiger partial charge in [0.1, 0.15) is 0 Å². The minimum atomic E-state index is -4.06. The van der Waals surface area contributed by atoms with Gasteiger partial charge < -0.3 is 10.2 Å². The summed E-state index contributed by atoms with van der Waals surface area (Å²) in [6.45, 7) is 1.19. The SMILES string of the molecule is CN=C(NCCCCC(F)(F)F)N(C)Cc1ccccc1. The Bertz CT molecular complexity index is 430. The van der Waals surface area contributed by atoms with E-state index < -0.39 is 12.6 Å². The van der Waals surface area contributed by atoms with Crippen molar-refractivity contribution in [3.63, 3.8) is 0 Å². The van der Waals surface area contributed by atoms with Crippen LogP contribution in [-0.4, -0.2) is 37.7 Å². The molecule has 0 heterocycles. The van der Waals surface area contributed by atoms with Gasteiger partial charge in [-0.2, -0.15) is 13.2 Å². The van der Waals surface area contributed by atoms with Crippen LogP contribution in [-0.2, 0) is 6.54 Å². The Labute approximate surface area is 123 Å². The Hall–Kier alpha value is -1.72. The number of benzene rings is 1. The first-order valence-corrected chi connectivity index (χ1v) is 6.95. The number of hydrogen-bond donors (Lipinski definition) is 1. The van der Waals surface area contributed by atoms with Crippen molar-refractivity contribution in [2.24, 2.45) is 4.99 Å². The molecule has 1 aromatic rings. The Balaban J connectivity index is 2.31. The van der Waals surface area contributed by atoms with E-state index in [1.807, 2.05) is 42.3 Å². The number of nitrogens with zero attached hydrogens (tertiary/aromatic N) is 2. The predicted octanol–water partition coefficient (Wildman–Crippen LogP) is 3.43. The average molecular weight is 301 g/mol. The van der Waals surface area contributed by atoms with Crippen molar-refractivity contribution in [3.05, 3.63) is 35.9 Å². The van der Waals surface area contributed by atoms with E-state index in [4.69, 9.17) is 0 Å². The van der Waals surface area contributed by atoms with Crippen LogP contribution in [0.1, 0.15) is 24.8 Å². The van der Waals surface area contributed by atoms with E-state index >= 15 is 0 Å². The summed E-state index contributed by atoms with van der Waals surface area (Å²) in [7, 11) is 3.57. The molecule has 0 amide bonds. The minimum absolute atomic E-state index is 0.135. The summed E-state index contributed by atoms with van der Waals surface area (Å²) in [6.07, 6.45) is -4.19. The lowest BCUT2D eigenvalue weighted by Crippen LogP contribution is -2.38. The zero-order chi connectivity index (χ0) is 15.7. The Morgan fingerprint density at radius 1 is 1.19 bits per heavy atom. The predicted molar refractivity (Wildman–Crippen MR) is 79.2 cm³/mol. The highest BCUT2D eigenvalue weighted by Gasteiger charge is 2.25. The summed E-state index contributed by atoms with van der Waals surface area (Å²) in [6, 6.07) is 9.93. The minimum Gasteiger partial charge on any atom is -0.356 e. The van der Waals surface area contributed by atoms with Gasteiger partial charge in [0, 0.05) is 33.6 Å². The molecular formula is C15H22F3N3. The number of guanidine groups is 1. The van der Waals surface area contributed by atoms with E-state index in [0.717, 1.165) is 5.56 Å². The fraction of sp³-hybridized carbons (Fsp3) is 0.533. The third kappa shape index (κ3) is 7.58. The van der Waals surface area contributed by atoms with Gasteiger partial charge in [0.2, 0.25) is 0 Å². The Morgan fingerprint density at radius 2 is 1.86 bits per heavy atom. The van der Waals surface area contributed by atoms with Gasteiger partial charge in [0.25, 0.3) is 0 Å². The van der Waals surface area contributed by atoms with Gasteiger partial charge in [-0.25, -0.2) is 0 Å². The molecule has 3 nitrogen and oxygen atoms in total. The number of halogens is 3. The molecule has 0 aliphatic carbocycles. The van der Waals surface area contributed by atoms with E-state index in [2.05, 4.69) is 10.3 Å². The summed E-state index contributed by atoms with van der Waals surface area (Å²) in [5, 5.41) is 3.08. The van der Waals surface area contributed by atoms with E-state index in [0.29, 0.717) is 25.5 Å². The van der Waals surface area contributed by atoms with Crippen LogP contribution < -0.4 is 5.32 Å².